The Kier molecular flexibility index (Phi) is 20.3. The minimum Gasteiger partial charge on any atom is -0.310 e. The van der Waals surface area contributed by atoms with Crippen molar-refractivity contribution in [2.45, 2.75) is 134 Å². The second-order valence-electron chi connectivity index (χ2n) is 15.0. The number of hydrogen-bond acceptors (Lipinski definition) is 2. The molecule has 2 nitrogen and oxygen atoms in total. The molecule has 58 heavy (non-hydrogen) atoms. The van der Waals surface area contributed by atoms with Gasteiger partial charge in [0.1, 0.15) is 0 Å². The number of hydrogen-bond donors (Lipinski definition) is 0. The Morgan fingerprint density at radius 3 is 1.05 bits per heavy atom. The quantitative estimate of drug-likeness (QED) is 0.123. The molecular weight excluding hydrogens is 701 g/mol. The normalized spacial score (nSPS) is 11.7. The number of anilines is 5. The van der Waals surface area contributed by atoms with Gasteiger partial charge < -0.3 is 9.80 Å². The largest absolute Gasteiger partial charge is 0.310 e. The first-order chi connectivity index (χ1) is 28.1. The van der Waals surface area contributed by atoms with Crippen LogP contribution < -0.4 is 9.80 Å². The molecule has 0 amide bonds. The Hall–Kier alpha value is -5.08. The summed E-state index contributed by atoms with van der Waals surface area (Å²) in [6.45, 7) is 33.9. The van der Waals surface area contributed by atoms with E-state index in [1.165, 1.54) is 49.7 Å². The first kappa shape index (κ1) is 49.1. The van der Waals surface area contributed by atoms with E-state index in [1.54, 1.807) is 0 Å². The van der Waals surface area contributed by atoms with Crippen LogP contribution in [0.15, 0.2) is 151 Å². The van der Waals surface area contributed by atoms with Crippen LogP contribution in [0.3, 0.4) is 0 Å². The van der Waals surface area contributed by atoms with Gasteiger partial charge in [-0.2, -0.15) is 0 Å². The molecule has 1 aliphatic carbocycles. The van der Waals surface area contributed by atoms with Crippen molar-refractivity contribution in [3.63, 3.8) is 0 Å². The molecule has 6 aromatic rings. The molecule has 310 valence electrons. The minimum absolute atomic E-state index is 0.0171. The van der Waals surface area contributed by atoms with E-state index in [0.29, 0.717) is 0 Å². The predicted molar refractivity (Wildman–Crippen MR) is 265 cm³/mol. The Bertz CT molecular complexity index is 2090. The van der Waals surface area contributed by atoms with E-state index in [4.69, 9.17) is 0 Å². The molecule has 0 fully saturated rings. The SMILES string of the molecule is CC.CC.CC.CC.CC.CC(C)(C)c1ccc2c(N(c3ccccc3)c3ccccc3)c3cc(C(C)(C)C)ccc3c(N(C3=CCCC=C3)c3ccccc3)c2c1. The summed E-state index contributed by atoms with van der Waals surface area (Å²) in [6, 6.07) is 46.9. The van der Waals surface area contributed by atoms with Gasteiger partial charge >= 0.3 is 0 Å². The summed E-state index contributed by atoms with van der Waals surface area (Å²) in [6.07, 6.45) is 9.11. The van der Waals surface area contributed by atoms with Crippen LogP contribution >= 0.6 is 0 Å². The van der Waals surface area contributed by atoms with Crippen LogP contribution in [0.4, 0.5) is 28.4 Å². The van der Waals surface area contributed by atoms with Crippen molar-refractivity contribution in [3.05, 3.63) is 162 Å². The average molecular weight is 777 g/mol. The Morgan fingerprint density at radius 2 is 0.724 bits per heavy atom. The van der Waals surface area contributed by atoms with E-state index in [-0.39, 0.29) is 10.8 Å². The summed E-state index contributed by atoms with van der Waals surface area (Å²) in [5, 5.41) is 4.94. The first-order valence-corrected chi connectivity index (χ1v) is 22.3. The fourth-order valence-corrected chi connectivity index (χ4v) is 6.91. The van der Waals surface area contributed by atoms with Crippen LogP contribution in [0.2, 0.25) is 0 Å². The molecule has 0 radical (unpaired) electrons. The van der Waals surface area contributed by atoms with Crippen LogP contribution in [0.1, 0.15) is 135 Å². The molecule has 0 heterocycles. The predicted octanol–water partition coefficient (Wildman–Crippen LogP) is 18.6. The van der Waals surface area contributed by atoms with Crippen LogP contribution in [0.25, 0.3) is 21.5 Å². The maximum absolute atomic E-state index is 2.50. The third-order valence-electron chi connectivity index (χ3n) is 9.52. The molecule has 0 atom stereocenters. The number of para-hydroxylation sites is 3. The van der Waals surface area contributed by atoms with Gasteiger partial charge in [0.15, 0.2) is 0 Å². The van der Waals surface area contributed by atoms with Crippen LogP contribution in [-0.2, 0) is 10.8 Å². The highest BCUT2D eigenvalue weighted by atomic mass is 15.2. The third-order valence-corrected chi connectivity index (χ3v) is 9.52. The number of benzene rings is 6. The van der Waals surface area contributed by atoms with Gasteiger partial charge in [0.05, 0.1) is 11.4 Å². The second kappa shape index (κ2) is 24.0. The molecule has 6 aromatic carbocycles. The van der Waals surface area contributed by atoms with Gasteiger partial charge in [-0.15, -0.1) is 0 Å². The smallest absolute Gasteiger partial charge is 0.0620 e. The van der Waals surface area contributed by atoms with Crippen molar-refractivity contribution in [1.29, 1.82) is 0 Å². The lowest BCUT2D eigenvalue weighted by atomic mass is 9.82. The number of nitrogens with zero attached hydrogens (tertiary/aromatic N) is 2. The summed E-state index contributed by atoms with van der Waals surface area (Å²) < 4.78 is 0. The molecule has 0 saturated heterocycles. The number of allylic oxidation sites excluding steroid dienone is 3. The Morgan fingerprint density at radius 1 is 0.379 bits per heavy atom. The third kappa shape index (κ3) is 11.5. The second-order valence-corrected chi connectivity index (χ2v) is 15.0. The molecule has 0 aromatic heterocycles. The molecular formula is C56H76N2. The maximum Gasteiger partial charge on any atom is 0.0620 e. The standard InChI is InChI=1S/C46H46N2.5C2H6/c1-45(2,3)33-27-29-39-41(31-33)43(47(35-19-11-7-12-20-35)36-21-13-8-14-22-36)40-30-28-34(46(4,5)6)32-42(40)44(39)48(37-23-15-9-16-24-37)38-25-17-10-18-26-38;5*1-2/h7-9,11-17,19-32H,10,18H2,1-6H3;5*1-2H3. The lowest BCUT2D eigenvalue weighted by Crippen LogP contribution is -2.19. The highest BCUT2D eigenvalue weighted by Crippen LogP contribution is 2.51. The summed E-state index contributed by atoms with van der Waals surface area (Å²) in [5.41, 5.74) is 9.68. The van der Waals surface area contributed by atoms with Crippen LogP contribution in [0.5, 0.6) is 0 Å². The van der Waals surface area contributed by atoms with Crippen molar-refractivity contribution < 1.29 is 0 Å². The van der Waals surface area contributed by atoms with Crippen molar-refractivity contribution in [2.75, 3.05) is 9.80 Å². The average Bonchev–Trinajstić information content (AvgIpc) is 3.28. The topological polar surface area (TPSA) is 6.48 Å². The summed E-state index contributed by atoms with van der Waals surface area (Å²) >= 11 is 0. The molecule has 0 N–H and O–H groups in total. The van der Waals surface area contributed by atoms with Crippen molar-refractivity contribution >= 4 is 50.0 Å². The van der Waals surface area contributed by atoms with Gasteiger partial charge in [-0.1, -0.05) is 202 Å². The zero-order valence-electron chi connectivity index (χ0n) is 39.2. The van der Waals surface area contributed by atoms with Gasteiger partial charge in [0.2, 0.25) is 0 Å². The Labute approximate surface area is 355 Å². The zero-order chi connectivity index (χ0) is 43.5. The molecule has 0 bridgehead atoms. The van der Waals surface area contributed by atoms with E-state index >= 15 is 0 Å². The Balaban J connectivity index is 0.00000108. The monoisotopic (exact) mass is 777 g/mol. The maximum atomic E-state index is 2.50. The first-order valence-electron chi connectivity index (χ1n) is 22.3. The van der Waals surface area contributed by atoms with E-state index in [0.717, 1.165) is 29.9 Å². The molecule has 0 spiro atoms. The van der Waals surface area contributed by atoms with Crippen LogP contribution in [0, 0.1) is 0 Å². The van der Waals surface area contributed by atoms with E-state index in [2.05, 4.69) is 197 Å². The molecule has 2 heteroatoms. The van der Waals surface area contributed by atoms with Crippen molar-refractivity contribution in [3.8, 4) is 0 Å². The molecule has 1 aliphatic rings. The summed E-state index contributed by atoms with van der Waals surface area (Å²) in [4.78, 5) is 4.97. The summed E-state index contributed by atoms with van der Waals surface area (Å²) in [7, 11) is 0. The summed E-state index contributed by atoms with van der Waals surface area (Å²) in [5.74, 6) is 0. The molecule has 0 unspecified atom stereocenters. The minimum atomic E-state index is -0.0191. The van der Waals surface area contributed by atoms with Crippen LogP contribution in [-0.4, -0.2) is 0 Å². The highest BCUT2D eigenvalue weighted by molar-refractivity contribution is 6.23. The van der Waals surface area contributed by atoms with Crippen molar-refractivity contribution in [2.24, 2.45) is 0 Å². The van der Waals surface area contributed by atoms with Gasteiger partial charge in [0, 0.05) is 44.3 Å². The molecule has 0 aliphatic heterocycles. The fourth-order valence-electron chi connectivity index (χ4n) is 6.91. The van der Waals surface area contributed by atoms with E-state index < -0.39 is 0 Å². The zero-order valence-corrected chi connectivity index (χ0v) is 39.2. The lowest BCUT2D eigenvalue weighted by Gasteiger charge is -2.34. The molecule has 0 saturated carbocycles. The number of rotatable bonds is 6. The van der Waals surface area contributed by atoms with Crippen molar-refractivity contribution in [1.82, 2.24) is 0 Å². The highest BCUT2D eigenvalue weighted by Gasteiger charge is 2.28. The van der Waals surface area contributed by atoms with E-state index in [1.807, 2.05) is 69.2 Å². The van der Waals surface area contributed by atoms with E-state index in [9.17, 15) is 0 Å². The molecule has 7 rings (SSSR count). The van der Waals surface area contributed by atoms with Gasteiger partial charge in [-0.05, 0) is 89.4 Å². The fraction of sp³-hybridized carbons (Fsp3) is 0.357. The number of fused-ring (bicyclic) bond motifs is 2. The van der Waals surface area contributed by atoms with Gasteiger partial charge in [0.25, 0.3) is 0 Å². The lowest BCUT2D eigenvalue weighted by molar-refractivity contribution is 0.590. The van der Waals surface area contributed by atoms with Gasteiger partial charge in [-0.25, -0.2) is 0 Å². The van der Waals surface area contributed by atoms with Gasteiger partial charge in [-0.3, -0.25) is 0 Å².